The summed E-state index contributed by atoms with van der Waals surface area (Å²) in [5.74, 6) is 0. The van der Waals surface area contributed by atoms with Gasteiger partial charge in [0.1, 0.15) is 5.02 Å². The number of rotatable bonds is 1. The van der Waals surface area contributed by atoms with Gasteiger partial charge in [-0.2, -0.15) is 5.10 Å². The monoisotopic (exact) mass is 210 g/mol. The molecule has 0 spiro atoms. The maximum Gasteiger partial charge on any atom is 0.287 e. The highest BCUT2D eigenvalue weighted by atomic mass is 35.5. The lowest BCUT2D eigenvalue weighted by atomic mass is 10.4. The van der Waals surface area contributed by atoms with Crippen molar-refractivity contribution in [2.75, 3.05) is 0 Å². The van der Waals surface area contributed by atoms with E-state index in [2.05, 4.69) is 10.1 Å². The summed E-state index contributed by atoms with van der Waals surface area (Å²) in [6.45, 7) is 0. The topological polar surface area (TPSA) is 52.7 Å². The third-order valence-electron chi connectivity index (χ3n) is 1.84. The minimum atomic E-state index is -0.321. The number of nitrogens with zero attached hydrogens (tertiary/aromatic N) is 4. The lowest BCUT2D eigenvalue weighted by Crippen LogP contribution is -2.21. The average molecular weight is 211 g/mol. The van der Waals surface area contributed by atoms with Crippen molar-refractivity contribution in [3.63, 3.8) is 0 Å². The van der Waals surface area contributed by atoms with Crippen molar-refractivity contribution in [3.8, 4) is 5.69 Å². The molecule has 2 heterocycles. The first kappa shape index (κ1) is 8.96. The van der Waals surface area contributed by atoms with E-state index in [0.29, 0.717) is 5.69 Å². The molecular weight excluding hydrogens is 204 g/mol. The second-order valence-electron chi connectivity index (χ2n) is 2.74. The first-order chi connectivity index (χ1) is 6.70. The van der Waals surface area contributed by atoms with Gasteiger partial charge in [-0.15, -0.1) is 0 Å². The average Bonchev–Trinajstić information content (AvgIpc) is 2.67. The van der Waals surface area contributed by atoms with Gasteiger partial charge in [0, 0.05) is 19.4 Å². The zero-order valence-corrected chi connectivity index (χ0v) is 8.14. The number of halogens is 1. The van der Waals surface area contributed by atoms with E-state index in [1.807, 2.05) is 0 Å². The molecule has 0 aliphatic rings. The van der Waals surface area contributed by atoms with Crippen LogP contribution in [-0.4, -0.2) is 19.3 Å². The maximum absolute atomic E-state index is 11.4. The van der Waals surface area contributed by atoms with Crippen molar-refractivity contribution in [1.29, 1.82) is 0 Å². The van der Waals surface area contributed by atoms with Crippen LogP contribution >= 0.6 is 11.6 Å². The molecule has 2 aromatic rings. The molecule has 0 bridgehead atoms. The number of aromatic nitrogens is 4. The molecule has 2 rings (SSSR count). The number of hydrogen-bond donors (Lipinski definition) is 0. The summed E-state index contributed by atoms with van der Waals surface area (Å²) in [4.78, 5) is 15.3. The van der Waals surface area contributed by atoms with Gasteiger partial charge in [-0.1, -0.05) is 11.6 Å². The van der Waals surface area contributed by atoms with Crippen molar-refractivity contribution in [2.45, 2.75) is 0 Å². The second-order valence-corrected chi connectivity index (χ2v) is 3.12. The van der Waals surface area contributed by atoms with E-state index in [1.54, 1.807) is 30.3 Å². The third kappa shape index (κ3) is 1.31. The van der Waals surface area contributed by atoms with Crippen LogP contribution in [0.25, 0.3) is 5.69 Å². The molecule has 0 saturated carbocycles. The van der Waals surface area contributed by atoms with Gasteiger partial charge in [0.25, 0.3) is 5.56 Å². The largest absolute Gasteiger partial charge is 0.303 e. The molecule has 0 aliphatic carbocycles. The smallest absolute Gasteiger partial charge is 0.287 e. The standard InChI is InChI=1S/C8H7ClN4O/c1-12-8(14)7(9)6(4-11-12)13-3-2-10-5-13/h2-5H,1H3. The van der Waals surface area contributed by atoms with Crippen molar-refractivity contribution >= 4 is 11.6 Å². The molecule has 2 aromatic heterocycles. The molecule has 0 unspecified atom stereocenters. The van der Waals surface area contributed by atoms with Crippen LogP contribution in [0, 0.1) is 0 Å². The Morgan fingerprint density at radius 2 is 2.29 bits per heavy atom. The quantitative estimate of drug-likeness (QED) is 0.694. The summed E-state index contributed by atoms with van der Waals surface area (Å²) < 4.78 is 2.82. The second kappa shape index (κ2) is 3.26. The molecule has 0 saturated heterocycles. The minimum Gasteiger partial charge on any atom is -0.303 e. The lowest BCUT2D eigenvalue weighted by molar-refractivity contribution is 0.702. The Kier molecular flexibility index (Phi) is 2.09. The van der Waals surface area contributed by atoms with E-state index in [1.165, 1.54) is 10.9 Å². The van der Waals surface area contributed by atoms with Crippen molar-refractivity contribution in [3.05, 3.63) is 40.3 Å². The van der Waals surface area contributed by atoms with Crippen LogP contribution in [0.1, 0.15) is 0 Å². The van der Waals surface area contributed by atoms with Gasteiger partial charge in [-0.05, 0) is 0 Å². The molecule has 0 amide bonds. The van der Waals surface area contributed by atoms with Crippen LogP contribution in [0.15, 0.2) is 29.7 Å². The summed E-state index contributed by atoms with van der Waals surface area (Å²) in [5, 5.41) is 4.01. The number of aryl methyl sites for hydroxylation is 1. The fourth-order valence-electron chi connectivity index (χ4n) is 1.08. The zero-order valence-electron chi connectivity index (χ0n) is 7.38. The van der Waals surface area contributed by atoms with Crippen LogP contribution in [-0.2, 0) is 7.05 Å². The van der Waals surface area contributed by atoms with Crippen LogP contribution in [0.4, 0.5) is 0 Å². The zero-order chi connectivity index (χ0) is 10.1. The maximum atomic E-state index is 11.4. The van der Waals surface area contributed by atoms with E-state index in [9.17, 15) is 4.79 Å². The Bertz CT molecular complexity index is 503. The molecule has 0 radical (unpaired) electrons. The Hall–Kier alpha value is -1.62. The molecular formula is C8H7ClN4O. The van der Waals surface area contributed by atoms with E-state index >= 15 is 0 Å². The van der Waals surface area contributed by atoms with Gasteiger partial charge < -0.3 is 4.57 Å². The highest BCUT2D eigenvalue weighted by Crippen LogP contribution is 2.13. The van der Waals surface area contributed by atoms with Crippen molar-refractivity contribution in [2.24, 2.45) is 7.05 Å². The van der Waals surface area contributed by atoms with E-state index < -0.39 is 0 Å². The SMILES string of the molecule is Cn1ncc(-n2ccnc2)c(Cl)c1=O. The molecule has 6 heteroatoms. The van der Waals surface area contributed by atoms with E-state index in [4.69, 9.17) is 11.6 Å². The Morgan fingerprint density at radius 1 is 1.50 bits per heavy atom. The van der Waals surface area contributed by atoms with Gasteiger partial charge in [0.2, 0.25) is 0 Å². The molecule has 0 N–H and O–H groups in total. The predicted octanol–water partition coefficient (Wildman–Crippen LogP) is 0.619. The van der Waals surface area contributed by atoms with Gasteiger partial charge in [0.15, 0.2) is 0 Å². The fourth-order valence-corrected chi connectivity index (χ4v) is 1.35. The number of imidazole rings is 1. The van der Waals surface area contributed by atoms with Gasteiger partial charge in [-0.3, -0.25) is 4.79 Å². The fraction of sp³-hybridized carbons (Fsp3) is 0.125. The van der Waals surface area contributed by atoms with Crippen molar-refractivity contribution < 1.29 is 0 Å². The Morgan fingerprint density at radius 3 is 2.93 bits per heavy atom. The Labute approximate surface area is 84.6 Å². The first-order valence-electron chi connectivity index (χ1n) is 3.90. The summed E-state index contributed by atoms with van der Waals surface area (Å²) in [5.41, 5.74) is 0.213. The highest BCUT2D eigenvalue weighted by molar-refractivity contribution is 6.32. The summed E-state index contributed by atoms with van der Waals surface area (Å²) in [7, 11) is 1.55. The van der Waals surface area contributed by atoms with E-state index in [-0.39, 0.29) is 10.6 Å². The van der Waals surface area contributed by atoms with Crippen LogP contribution in [0.5, 0.6) is 0 Å². The highest BCUT2D eigenvalue weighted by Gasteiger charge is 2.07. The lowest BCUT2D eigenvalue weighted by Gasteiger charge is -2.04. The number of hydrogen-bond acceptors (Lipinski definition) is 3. The predicted molar refractivity (Wildman–Crippen MR) is 51.6 cm³/mol. The molecule has 0 atom stereocenters. The third-order valence-corrected chi connectivity index (χ3v) is 2.20. The minimum absolute atomic E-state index is 0.139. The first-order valence-corrected chi connectivity index (χ1v) is 4.28. The molecule has 72 valence electrons. The van der Waals surface area contributed by atoms with Gasteiger partial charge in [-0.25, -0.2) is 9.67 Å². The Balaban J connectivity index is 2.68. The van der Waals surface area contributed by atoms with Gasteiger partial charge >= 0.3 is 0 Å². The van der Waals surface area contributed by atoms with Crippen molar-refractivity contribution in [1.82, 2.24) is 19.3 Å². The summed E-state index contributed by atoms with van der Waals surface area (Å²) >= 11 is 5.87. The van der Waals surface area contributed by atoms with Crippen LogP contribution in [0.3, 0.4) is 0 Å². The van der Waals surface area contributed by atoms with Crippen LogP contribution in [0.2, 0.25) is 5.02 Å². The van der Waals surface area contributed by atoms with Crippen LogP contribution < -0.4 is 5.56 Å². The van der Waals surface area contributed by atoms with Gasteiger partial charge in [0.05, 0.1) is 18.2 Å². The normalized spacial score (nSPS) is 10.4. The summed E-state index contributed by atoms with van der Waals surface area (Å²) in [6, 6.07) is 0. The summed E-state index contributed by atoms with van der Waals surface area (Å²) in [6.07, 6.45) is 6.38. The van der Waals surface area contributed by atoms with E-state index in [0.717, 1.165) is 0 Å². The molecule has 14 heavy (non-hydrogen) atoms. The molecule has 0 aromatic carbocycles. The molecule has 0 fully saturated rings. The molecule has 5 nitrogen and oxygen atoms in total. The molecule has 0 aliphatic heterocycles.